The number of hydrogen-bond acceptors (Lipinski definition) is 3. The summed E-state index contributed by atoms with van der Waals surface area (Å²) in [5.74, 6) is 0. The molecule has 3 nitrogen and oxygen atoms in total. The van der Waals surface area contributed by atoms with Crippen LogP contribution in [0.5, 0.6) is 0 Å². The Bertz CT molecular complexity index is 371. The Kier molecular flexibility index (Phi) is 6.51. The Balaban J connectivity index is 1.74. The molecule has 1 unspecified atom stereocenters. The molecule has 0 amide bonds. The molecular formula is C17H28N2O. The molecule has 1 fully saturated rings. The largest absolute Gasteiger partial charge is 0.377 e. The van der Waals surface area contributed by atoms with E-state index in [0.717, 1.165) is 39.2 Å². The van der Waals surface area contributed by atoms with Crippen LogP contribution in [0.1, 0.15) is 30.9 Å². The highest BCUT2D eigenvalue weighted by atomic mass is 16.5. The molecule has 1 aliphatic rings. The van der Waals surface area contributed by atoms with Crippen molar-refractivity contribution in [2.75, 3.05) is 33.3 Å². The van der Waals surface area contributed by atoms with E-state index in [1.54, 1.807) is 0 Å². The Morgan fingerprint density at radius 3 is 2.65 bits per heavy atom. The summed E-state index contributed by atoms with van der Waals surface area (Å²) >= 11 is 0. The van der Waals surface area contributed by atoms with Crippen LogP contribution in [0, 0.1) is 0 Å². The van der Waals surface area contributed by atoms with Crippen LogP contribution in [-0.4, -0.2) is 44.3 Å². The molecule has 0 aromatic heterocycles. The van der Waals surface area contributed by atoms with E-state index in [-0.39, 0.29) is 0 Å². The van der Waals surface area contributed by atoms with Crippen molar-refractivity contribution in [3.63, 3.8) is 0 Å². The molecule has 1 N–H and O–H groups in total. The van der Waals surface area contributed by atoms with Gasteiger partial charge in [-0.1, -0.05) is 31.2 Å². The second kappa shape index (κ2) is 8.40. The van der Waals surface area contributed by atoms with Crippen molar-refractivity contribution in [2.24, 2.45) is 0 Å². The number of hydrogen-bond donors (Lipinski definition) is 1. The van der Waals surface area contributed by atoms with Crippen LogP contribution < -0.4 is 5.32 Å². The van der Waals surface area contributed by atoms with Crippen molar-refractivity contribution < 1.29 is 4.74 Å². The van der Waals surface area contributed by atoms with Gasteiger partial charge in [0, 0.05) is 19.7 Å². The molecule has 1 aromatic rings. The van der Waals surface area contributed by atoms with Gasteiger partial charge in [-0.15, -0.1) is 0 Å². The number of rotatable bonds is 8. The second-order valence-electron chi connectivity index (χ2n) is 5.75. The quantitative estimate of drug-likeness (QED) is 0.738. The van der Waals surface area contributed by atoms with Gasteiger partial charge >= 0.3 is 0 Å². The van der Waals surface area contributed by atoms with Crippen LogP contribution in [0.25, 0.3) is 0 Å². The van der Waals surface area contributed by atoms with Crippen LogP contribution in [0.3, 0.4) is 0 Å². The van der Waals surface area contributed by atoms with Crippen molar-refractivity contribution in [3.8, 4) is 0 Å². The minimum Gasteiger partial charge on any atom is -0.377 e. The summed E-state index contributed by atoms with van der Waals surface area (Å²) in [6.45, 7) is 7.25. The van der Waals surface area contributed by atoms with Gasteiger partial charge in [0.2, 0.25) is 0 Å². The third kappa shape index (κ3) is 5.23. The molecule has 0 saturated carbocycles. The Labute approximate surface area is 123 Å². The average Bonchev–Trinajstić information content (AvgIpc) is 2.94. The number of benzene rings is 1. The molecule has 1 aliphatic heterocycles. The normalized spacial score (nSPS) is 18.9. The molecule has 112 valence electrons. The number of nitrogens with one attached hydrogen (secondary N) is 1. The molecule has 0 radical (unpaired) electrons. The monoisotopic (exact) mass is 276 g/mol. The van der Waals surface area contributed by atoms with Gasteiger partial charge in [-0.3, -0.25) is 4.90 Å². The maximum atomic E-state index is 5.69. The van der Waals surface area contributed by atoms with Gasteiger partial charge in [-0.2, -0.15) is 0 Å². The summed E-state index contributed by atoms with van der Waals surface area (Å²) in [4.78, 5) is 2.36. The van der Waals surface area contributed by atoms with Crippen LogP contribution in [-0.2, 0) is 17.7 Å². The number of likely N-dealkylation sites (N-methyl/N-ethyl adjacent to an activating group) is 2. The molecule has 0 spiro atoms. The van der Waals surface area contributed by atoms with Gasteiger partial charge in [-0.05, 0) is 50.5 Å². The van der Waals surface area contributed by atoms with E-state index in [0.29, 0.717) is 6.10 Å². The first-order chi connectivity index (χ1) is 9.78. The zero-order chi connectivity index (χ0) is 14.2. The summed E-state index contributed by atoms with van der Waals surface area (Å²) in [5.41, 5.74) is 2.80. The lowest BCUT2D eigenvalue weighted by molar-refractivity contribution is 0.0793. The SMILES string of the molecule is CCNCCc1ccc(CN(C)CC2CCCO2)cc1. The lowest BCUT2D eigenvalue weighted by Gasteiger charge is -2.20. The van der Waals surface area contributed by atoms with Gasteiger partial charge in [0.1, 0.15) is 0 Å². The highest BCUT2D eigenvalue weighted by Gasteiger charge is 2.17. The fourth-order valence-corrected chi connectivity index (χ4v) is 2.73. The first-order valence-electron chi connectivity index (χ1n) is 7.86. The van der Waals surface area contributed by atoms with E-state index in [9.17, 15) is 0 Å². The summed E-state index contributed by atoms with van der Waals surface area (Å²) in [6.07, 6.45) is 3.99. The highest BCUT2D eigenvalue weighted by molar-refractivity contribution is 5.22. The first kappa shape index (κ1) is 15.5. The standard InChI is InChI=1S/C17H28N2O/c1-3-18-11-10-15-6-8-16(9-7-15)13-19(2)14-17-5-4-12-20-17/h6-9,17-18H,3-5,10-14H2,1-2H3. The molecule has 1 saturated heterocycles. The third-order valence-electron chi connectivity index (χ3n) is 3.86. The average molecular weight is 276 g/mol. The van der Waals surface area contributed by atoms with Crippen molar-refractivity contribution in [1.82, 2.24) is 10.2 Å². The summed E-state index contributed by atoms with van der Waals surface area (Å²) in [6, 6.07) is 9.03. The lowest BCUT2D eigenvalue weighted by atomic mass is 10.1. The molecule has 1 atom stereocenters. The smallest absolute Gasteiger partial charge is 0.0702 e. The predicted octanol–water partition coefficient (Wildman–Crippen LogP) is 2.45. The van der Waals surface area contributed by atoms with Gasteiger partial charge in [0.15, 0.2) is 0 Å². The number of ether oxygens (including phenoxy) is 1. The van der Waals surface area contributed by atoms with Crippen molar-refractivity contribution in [3.05, 3.63) is 35.4 Å². The fourth-order valence-electron chi connectivity index (χ4n) is 2.73. The summed E-state index contributed by atoms with van der Waals surface area (Å²) < 4.78 is 5.69. The van der Waals surface area contributed by atoms with Gasteiger partial charge in [0.25, 0.3) is 0 Å². The van der Waals surface area contributed by atoms with Crippen molar-refractivity contribution >= 4 is 0 Å². The maximum Gasteiger partial charge on any atom is 0.0702 e. The van der Waals surface area contributed by atoms with Gasteiger partial charge < -0.3 is 10.1 Å². The van der Waals surface area contributed by atoms with E-state index in [1.807, 2.05) is 0 Å². The summed E-state index contributed by atoms with van der Waals surface area (Å²) in [7, 11) is 2.18. The molecule has 0 bridgehead atoms. The van der Waals surface area contributed by atoms with Crippen LogP contribution >= 0.6 is 0 Å². The molecule has 20 heavy (non-hydrogen) atoms. The minimum absolute atomic E-state index is 0.444. The molecule has 2 rings (SSSR count). The topological polar surface area (TPSA) is 24.5 Å². The lowest BCUT2D eigenvalue weighted by Crippen LogP contribution is -2.28. The predicted molar refractivity (Wildman–Crippen MR) is 84.0 cm³/mol. The van der Waals surface area contributed by atoms with Gasteiger partial charge in [-0.25, -0.2) is 0 Å². The molecule has 3 heteroatoms. The van der Waals surface area contributed by atoms with Crippen LogP contribution in [0.15, 0.2) is 24.3 Å². The van der Waals surface area contributed by atoms with E-state index >= 15 is 0 Å². The van der Waals surface area contributed by atoms with Crippen LogP contribution in [0.2, 0.25) is 0 Å². The zero-order valence-electron chi connectivity index (χ0n) is 12.9. The molecule has 1 aromatic carbocycles. The van der Waals surface area contributed by atoms with E-state index < -0.39 is 0 Å². The minimum atomic E-state index is 0.444. The Morgan fingerprint density at radius 2 is 2.00 bits per heavy atom. The van der Waals surface area contributed by atoms with Crippen molar-refractivity contribution in [2.45, 2.75) is 38.8 Å². The van der Waals surface area contributed by atoms with E-state index in [1.165, 1.54) is 24.0 Å². The summed E-state index contributed by atoms with van der Waals surface area (Å²) in [5, 5.41) is 3.36. The second-order valence-corrected chi connectivity index (χ2v) is 5.75. The van der Waals surface area contributed by atoms with Crippen LogP contribution in [0.4, 0.5) is 0 Å². The Hall–Kier alpha value is -0.900. The van der Waals surface area contributed by atoms with E-state index in [2.05, 4.69) is 48.5 Å². The first-order valence-corrected chi connectivity index (χ1v) is 7.86. The third-order valence-corrected chi connectivity index (χ3v) is 3.86. The molecule has 0 aliphatic carbocycles. The van der Waals surface area contributed by atoms with E-state index in [4.69, 9.17) is 4.74 Å². The molecular weight excluding hydrogens is 248 g/mol. The van der Waals surface area contributed by atoms with Crippen molar-refractivity contribution in [1.29, 1.82) is 0 Å². The molecule has 1 heterocycles. The maximum absolute atomic E-state index is 5.69. The zero-order valence-corrected chi connectivity index (χ0v) is 12.9. The Morgan fingerprint density at radius 1 is 1.25 bits per heavy atom. The number of nitrogens with zero attached hydrogens (tertiary/aromatic N) is 1. The fraction of sp³-hybridized carbons (Fsp3) is 0.647. The van der Waals surface area contributed by atoms with Gasteiger partial charge in [0.05, 0.1) is 6.10 Å². The highest BCUT2D eigenvalue weighted by Crippen LogP contribution is 2.14.